The van der Waals surface area contributed by atoms with E-state index in [-0.39, 0.29) is 6.03 Å². The number of rotatable bonds is 1. The summed E-state index contributed by atoms with van der Waals surface area (Å²) in [4.78, 5) is 18.5. The number of fused-ring (bicyclic) bond motifs is 1. The SMILES string of the molecule is O=C(Nc1ccc2ncccc2c1)N1CCCCCC1. The van der Waals surface area contributed by atoms with E-state index in [4.69, 9.17) is 0 Å². The van der Waals surface area contributed by atoms with Gasteiger partial charge in [-0.1, -0.05) is 18.9 Å². The largest absolute Gasteiger partial charge is 0.325 e. The molecule has 0 saturated carbocycles. The molecule has 20 heavy (non-hydrogen) atoms. The fraction of sp³-hybridized carbons (Fsp3) is 0.375. The predicted octanol–water partition coefficient (Wildman–Crippen LogP) is 3.64. The Kier molecular flexibility index (Phi) is 3.81. The van der Waals surface area contributed by atoms with E-state index in [0.717, 1.165) is 42.5 Å². The predicted molar refractivity (Wildman–Crippen MR) is 80.8 cm³/mol. The molecule has 1 aromatic heterocycles. The number of anilines is 1. The Labute approximate surface area is 118 Å². The molecule has 2 amide bonds. The fourth-order valence-corrected chi connectivity index (χ4v) is 2.63. The van der Waals surface area contributed by atoms with Crippen molar-refractivity contribution in [3.8, 4) is 0 Å². The lowest BCUT2D eigenvalue weighted by molar-refractivity contribution is 0.214. The number of urea groups is 1. The topological polar surface area (TPSA) is 45.2 Å². The summed E-state index contributed by atoms with van der Waals surface area (Å²) in [6.45, 7) is 1.72. The minimum absolute atomic E-state index is 0.00939. The van der Waals surface area contributed by atoms with E-state index >= 15 is 0 Å². The van der Waals surface area contributed by atoms with Gasteiger partial charge in [0.25, 0.3) is 0 Å². The van der Waals surface area contributed by atoms with Crippen LogP contribution < -0.4 is 5.32 Å². The van der Waals surface area contributed by atoms with Crippen molar-refractivity contribution in [3.05, 3.63) is 36.5 Å². The summed E-state index contributed by atoms with van der Waals surface area (Å²) in [6.07, 6.45) is 6.44. The molecule has 3 rings (SSSR count). The molecule has 0 bridgehead atoms. The summed E-state index contributed by atoms with van der Waals surface area (Å²) < 4.78 is 0. The average Bonchev–Trinajstić information content (AvgIpc) is 2.76. The molecular formula is C16H19N3O. The van der Waals surface area contributed by atoms with Crippen molar-refractivity contribution < 1.29 is 4.79 Å². The van der Waals surface area contributed by atoms with Crippen LogP contribution in [0, 0.1) is 0 Å². The highest BCUT2D eigenvalue weighted by Gasteiger charge is 2.15. The van der Waals surface area contributed by atoms with Crippen LogP contribution in [-0.2, 0) is 0 Å². The number of amides is 2. The maximum Gasteiger partial charge on any atom is 0.321 e. The molecule has 1 saturated heterocycles. The van der Waals surface area contributed by atoms with Crippen LogP contribution in [0.2, 0.25) is 0 Å². The second kappa shape index (κ2) is 5.90. The van der Waals surface area contributed by atoms with E-state index in [1.165, 1.54) is 12.8 Å². The fourth-order valence-electron chi connectivity index (χ4n) is 2.63. The second-order valence-corrected chi connectivity index (χ2v) is 5.24. The van der Waals surface area contributed by atoms with Crippen molar-refractivity contribution in [2.45, 2.75) is 25.7 Å². The summed E-state index contributed by atoms with van der Waals surface area (Å²) in [5.41, 5.74) is 1.78. The monoisotopic (exact) mass is 269 g/mol. The third kappa shape index (κ3) is 2.90. The highest BCUT2D eigenvalue weighted by Crippen LogP contribution is 2.18. The molecule has 104 valence electrons. The molecule has 4 nitrogen and oxygen atoms in total. The minimum Gasteiger partial charge on any atom is -0.325 e. The van der Waals surface area contributed by atoms with Gasteiger partial charge in [0.2, 0.25) is 0 Å². The molecule has 1 aliphatic rings. The highest BCUT2D eigenvalue weighted by atomic mass is 16.2. The normalized spacial score (nSPS) is 15.9. The number of carbonyl (C=O) groups is 1. The quantitative estimate of drug-likeness (QED) is 0.859. The van der Waals surface area contributed by atoms with Gasteiger partial charge in [0.15, 0.2) is 0 Å². The Bertz CT molecular complexity index is 603. The number of nitrogens with zero attached hydrogens (tertiary/aromatic N) is 2. The summed E-state index contributed by atoms with van der Waals surface area (Å²) in [5, 5.41) is 4.03. The highest BCUT2D eigenvalue weighted by molar-refractivity contribution is 5.92. The molecule has 1 N–H and O–H groups in total. The average molecular weight is 269 g/mol. The maximum atomic E-state index is 12.3. The zero-order chi connectivity index (χ0) is 13.8. The van der Waals surface area contributed by atoms with Gasteiger partial charge in [0.05, 0.1) is 5.52 Å². The molecule has 0 radical (unpaired) electrons. The van der Waals surface area contributed by atoms with Gasteiger partial charge in [-0.15, -0.1) is 0 Å². The second-order valence-electron chi connectivity index (χ2n) is 5.24. The van der Waals surface area contributed by atoms with Crippen LogP contribution >= 0.6 is 0 Å². The zero-order valence-electron chi connectivity index (χ0n) is 11.5. The van der Waals surface area contributed by atoms with Crippen molar-refractivity contribution in [3.63, 3.8) is 0 Å². The standard InChI is InChI=1S/C16H19N3O/c20-16(19-10-3-1-2-4-11-19)18-14-7-8-15-13(12-14)6-5-9-17-15/h5-9,12H,1-4,10-11H2,(H,18,20). The summed E-state index contributed by atoms with van der Waals surface area (Å²) in [5.74, 6) is 0. The van der Waals surface area contributed by atoms with Crippen molar-refractivity contribution in [1.29, 1.82) is 0 Å². The van der Waals surface area contributed by atoms with Crippen LogP contribution in [0.4, 0.5) is 10.5 Å². The number of aromatic nitrogens is 1. The molecule has 2 aromatic rings. The Morgan fingerprint density at radius 3 is 2.70 bits per heavy atom. The lowest BCUT2D eigenvalue weighted by Crippen LogP contribution is -2.35. The van der Waals surface area contributed by atoms with Gasteiger partial charge in [-0.25, -0.2) is 4.79 Å². The molecule has 1 aromatic carbocycles. The number of carbonyl (C=O) groups excluding carboxylic acids is 1. The number of nitrogens with one attached hydrogen (secondary N) is 1. The van der Waals surface area contributed by atoms with Gasteiger partial charge in [0.1, 0.15) is 0 Å². The Morgan fingerprint density at radius 1 is 1.10 bits per heavy atom. The molecule has 0 atom stereocenters. The van der Waals surface area contributed by atoms with Crippen LogP contribution in [0.15, 0.2) is 36.5 Å². The van der Waals surface area contributed by atoms with Gasteiger partial charge in [-0.3, -0.25) is 4.98 Å². The number of pyridine rings is 1. The van der Waals surface area contributed by atoms with Crippen LogP contribution in [-0.4, -0.2) is 29.0 Å². The van der Waals surface area contributed by atoms with E-state index in [0.29, 0.717) is 0 Å². The van der Waals surface area contributed by atoms with Gasteiger partial charge >= 0.3 is 6.03 Å². The summed E-state index contributed by atoms with van der Waals surface area (Å²) in [6, 6.07) is 9.73. The van der Waals surface area contributed by atoms with Crippen LogP contribution in [0.1, 0.15) is 25.7 Å². The number of benzene rings is 1. The third-order valence-electron chi connectivity index (χ3n) is 3.75. The van der Waals surface area contributed by atoms with E-state index in [9.17, 15) is 4.79 Å². The molecule has 0 spiro atoms. The zero-order valence-corrected chi connectivity index (χ0v) is 11.5. The molecule has 4 heteroatoms. The van der Waals surface area contributed by atoms with Crippen LogP contribution in [0.3, 0.4) is 0 Å². The molecule has 2 heterocycles. The van der Waals surface area contributed by atoms with E-state index in [2.05, 4.69) is 10.3 Å². The third-order valence-corrected chi connectivity index (χ3v) is 3.75. The van der Waals surface area contributed by atoms with E-state index < -0.39 is 0 Å². The number of likely N-dealkylation sites (tertiary alicyclic amines) is 1. The first kappa shape index (κ1) is 12.9. The Hall–Kier alpha value is -2.10. The molecule has 1 fully saturated rings. The maximum absolute atomic E-state index is 12.3. The number of hydrogen-bond donors (Lipinski definition) is 1. The lowest BCUT2D eigenvalue weighted by atomic mass is 10.2. The molecule has 1 aliphatic heterocycles. The molecule has 0 aliphatic carbocycles. The molecule has 0 unspecified atom stereocenters. The van der Waals surface area contributed by atoms with Crippen LogP contribution in [0.25, 0.3) is 10.9 Å². The lowest BCUT2D eigenvalue weighted by Gasteiger charge is -2.20. The summed E-state index contributed by atoms with van der Waals surface area (Å²) in [7, 11) is 0. The van der Waals surface area contributed by atoms with Crippen molar-refractivity contribution in [2.24, 2.45) is 0 Å². The van der Waals surface area contributed by atoms with Gasteiger partial charge in [0, 0.05) is 30.4 Å². The summed E-state index contributed by atoms with van der Waals surface area (Å²) >= 11 is 0. The van der Waals surface area contributed by atoms with Crippen molar-refractivity contribution in [1.82, 2.24) is 9.88 Å². The number of hydrogen-bond acceptors (Lipinski definition) is 2. The van der Waals surface area contributed by atoms with Crippen molar-refractivity contribution >= 4 is 22.6 Å². The van der Waals surface area contributed by atoms with Gasteiger partial charge in [-0.2, -0.15) is 0 Å². The minimum atomic E-state index is 0.00939. The van der Waals surface area contributed by atoms with Gasteiger partial charge < -0.3 is 10.2 Å². The first-order chi connectivity index (χ1) is 9.83. The van der Waals surface area contributed by atoms with E-state index in [1.807, 2.05) is 35.2 Å². The smallest absolute Gasteiger partial charge is 0.321 e. The molecular weight excluding hydrogens is 250 g/mol. The first-order valence-electron chi connectivity index (χ1n) is 7.24. The van der Waals surface area contributed by atoms with Gasteiger partial charge in [-0.05, 0) is 37.1 Å². The van der Waals surface area contributed by atoms with Crippen LogP contribution in [0.5, 0.6) is 0 Å². The Balaban J connectivity index is 1.73. The van der Waals surface area contributed by atoms with E-state index in [1.54, 1.807) is 6.20 Å². The first-order valence-corrected chi connectivity index (χ1v) is 7.24. The van der Waals surface area contributed by atoms with Crippen molar-refractivity contribution in [2.75, 3.05) is 18.4 Å². The Morgan fingerprint density at radius 2 is 1.90 bits per heavy atom.